The first-order valence-corrected chi connectivity index (χ1v) is 3.48. The lowest BCUT2D eigenvalue weighted by Crippen LogP contribution is -2.04. The van der Waals surface area contributed by atoms with Gasteiger partial charge in [0.25, 0.3) is 0 Å². The van der Waals surface area contributed by atoms with Crippen LogP contribution < -0.4 is 0 Å². The van der Waals surface area contributed by atoms with Gasteiger partial charge in [-0.3, -0.25) is 0 Å². The Hall–Kier alpha value is -0.700. The molecular weight excluding hydrogens is 189 g/mol. The molecule has 1 rings (SSSR count). The summed E-state index contributed by atoms with van der Waals surface area (Å²) in [5.74, 6) is 0. The molecule has 1 aromatic carbocycles. The number of alkyl halides is 3. The molecule has 4 heteroatoms. The van der Waals surface area contributed by atoms with Crippen molar-refractivity contribution in [3.8, 4) is 0 Å². The largest absolute Gasteiger partial charge is 0.416 e. The standard InChI is InChI=1S/C8H5ClF3/c1-5-4-6(8(10,11)12)2-3-7(5)9/h2-4H,1H2. The molecule has 0 fully saturated rings. The fourth-order valence-corrected chi connectivity index (χ4v) is 0.869. The van der Waals surface area contributed by atoms with Crippen LogP contribution in [-0.2, 0) is 6.18 Å². The fourth-order valence-electron chi connectivity index (χ4n) is 0.751. The predicted molar refractivity (Wildman–Crippen MR) is 40.9 cm³/mol. The van der Waals surface area contributed by atoms with Crippen LogP contribution in [0.25, 0.3) is 0 Å². The lowest BCUT2D eigenvalue weighted by Gasteiger charge is -2.07. The molecule has 1 radical (unpaired) electrons. The van der Waals surface area contributed by atoms with Crippen molar-refractivity contribution in [2.24, 2.45) is 0 Å². The van der Waals surface area contributed by atoms with Crippen molar-refractivity contribution in [2.75, 3.05) is 0 Å². The zero-order valence-electron chi connectivity index (χ0n) is 5.95. The van der Waals surface area contributed by atoms with Gasteiger partial charge in [0.1, 0.15) is 0 Å². The number of halogens is 4. The average Bonchev–Trinajstić information content (AvgIpc) is 1.92. The van der Waals surface area contributed by atoms with Crippen molar-refractivity contribution in [3.05, 3.63) is 41.3 Å². The number of hydrogen-bond acceptors (Lipinski definition) is 0. The van der Waals surface area contributed by atoms with E-state index >= 15 is 0 Å². The summed E-state index contributed by atoms with van der Waals surface area (Å²) in [6.45, 7) is 3.36. The van der Waals surface area contributed by atoms with Crippen molar-refractivity contribution >= 4 is 11.6 Å². The van der Waals surface area contributed by atoms with Gasteiger partial charge in [-0.05, 0) is 30.7 Å². The van der Waals surface area contributed by atoms with E-state index in [0.717, 1.165) is 12.1 Å². The van der Waals surface area contributed by atoms with Gasteiger partial charge in [-0.1, -0.05) is 11.6 Å². The van der Waals surface area contributed by atoms with Crippen LogP contribution in [0.15, 0.2) is 18.2 Å². The average molecular weight is 194 g/mol. The zero-order chi connectivity index (χ0) is 9.35. The van der Waals surface area contributed by atoms with E-state index in [4.69, 9.17) is 11.6 Å². The molecule has 1 aromatic rings. The maximum atomic E-state index is 12.0. The molecule has 0 saturated heterocycles. The Kier molecular flexibility index (Phi) is 2.33. The molecule has 65 valence electrons. The Morgan fingerprint density at radius 1 is 1.25 bits per heavy atom. The molecule has 0 bridgehead atoms. The zero-order valence-corrected chi connectivity index (χ0v) is 6.71. The van der Waals surface area contributed by atoms with Crippen LogP contribution in [0, 0.1) is 6.92 Å². The van der Waals surface area contributed by atoms with Crippen LogP contribution in [0.4, 0.5) is 13.2 Å². The van der Waals surface area contributed by atoms with Crippen molar-refractivity contribution < 1.29 is 13.2 Å². The fraction of sp³-hybridized carbons (Fsp3) is 0.125. The summed E-state index contributed by atoms with van der Waals surface area (Å²) in [4.78, 5) is 0. The Bertz CT molecular complexity index is 291. The van der Waals surface area contributed by atoms with Gasteiger partial charge < -0.3 is 0 Å². The Morgan fingerprint density at radius 3 is 2.25 bits per heavy atom. The molecule has 0 nitrogen and oxygen atoms in total. The second-order valence-electron chi connectivity index (χ2n) is 2.30. The highest BCUT2D eigenvalue weighted by molar-refractivity contribution is 6.31. The highest BCUT2D eigenvalue weighted by Crippen LogP contribution is 2.31. The van der Waals surface area contributed by atoms with Gasteiger partial charge >= 0.3 is 6.18 Å². The van der Waals surface area contributed by atoms with E-state index in [1.165, 1.54) is 6.07 Å². The molecule has 0 spiro atoms. The monoisotopic (exact) mass is 193 g/mol. The van der Waals surface area contributed by atoms with E-state index in [1.54, 1.807) is 0 Å². The minimum absolute atomic E-state index is 0.187. The van der Waals surface area contributed by atoms with Gasteiger partial charge in [-0.2, -0.15) is 13.2 Å². The number of hydrogen-bond donors (Lipinski definition) is 0. The Labute approximate surface area is 73.0 Å². The van der Waals surface area contributed by atoms with Crippen LogP contribution in [0.3, 0.4) is 0 Å². The molecule has 0 atom stereocenters. The van der Waals surface area contributed by atoms with Crippen LogP contribution in [0.2, 0.25) is 5.02 Å². The van der Waals surface area contributed by atoms with Gasteiger partial charge in [0.05, 0.1) is 5.56 Å². The van der Waals surface area contributed by atoms with E-state index < -0.39 is 11.7 Å². The van der Waals surface area contributed by atoms with E-state index in [0.29, 0.717) is 0 Å². The second-order valence-corrected chi connectivity index (χ2v) is 2.71. The SMILES string of the molecule is [CH2]c1cc(C(F)(F)F)ccc1Cl. The van der Waals surface area contributed by atoms with E-state index in [2.05, 4.69) is 6.92 Å². The van der Waals surface area contributed by atoms with Gasteiger partial charge in [-0.15, -0.1) is 0 Å². The number of rotatable bonds is 0. The van der Waals surface area contributed by atoms with Gasteiger partial charge in [0.15, 0.2) is 0 Å². The smallest absolute Gasteiger partial charge is 0.166 e. The minimum atomic E-state index is -4.32. The van der Waals surface area contributed by atoms with Crippen molar-refractivity contribution in [2.45, 2.75) is 6.18 Å². The summed E-state index contributed by atoms with van der Waals surface area (Å²) >= 11 is 5.50. The summed E-state index contributed by atoms with van der Waals surface area (Å²) in [7, 11) is 0. The highest BCUT2D eigenvalue weighted by Gasteiger charge is 2.30. The van der Waals surface area contributed by atoms with Crippen molar-refractivity contribution in [1.29, 1.82) is 0 Å². The van der Waals surface area contributed by atoms with Crippen LogP contribution in [0.5, 0.6) is 0 Å². The molecule has 0 heterocycles. The normalized spacial score (nSPS) is 11.8. The van der Waals surface area contributed by atoms with Gasteiger partial charge in [-0.25, -0.2) is 0 Å². The molecule has 0 unspecified atom stereocenters. The summed E-state index contributed by atoms with van der Waals surface area (Å²) in [6, 6.07) is 3.03. The molecule has 0 amide bonds. The van der Waals surface area contributed by atoms with Crippen LogP contribution in [-0.4, -0.2) is 0 Å². The first-order valence-electron chi connectivity index (χ1n) is 3.10. The molecule has 0 N–H and O–H groups in total. The van der Waals surface area contributed by atoms with E-state index in [1.807, 2.05) is 0 Å². The number of benzene rings is 1. The first-order chi connectivity index (χ1) is 5.41. The molecule has 0 aliphatic rings. The van der Waals surface area contributed by atoms with Gasteiger partial charge in [0, 0.05) is 5.02 Å². The van der Waals surface area contributed by atoms with Crippen molar-refractivity contribution in [3.63, 3.8) is 0 Å². The Balaban J connectivity index is 3.14. The predicted octanol–water partition coefficient (Wildman–Crippen LogP) is 3.54. The highest BCUT2D eigenvalue weighted by atomic mass is 35.5. The maximum absolute atomic E-state index is 12.0. The summed E-state index contributed by atoms with van der Waals surface area (Å²) in [5.41, 5.74) is -0.539. The molecule has 0 aromatic heterocycles. The third kappa shape index (κ3) is 1.91. The van der Waals surface area contributed by atoms with Crippen molar-refractivity contribution in [1.82, 2.24) is 0 Å². The first kappa shape index (κ1) is 9.39. The van der Waals surface area contributed by atoms with Gasteiger partial charge in [0.2, 0.25) is 0 Å². The third-order valence-electron chi connectivity index (χ3n) is 1.37. The molecule has 0 aliphatic carbocycles. The summed E-state index contributed by atoms with van der Waals surface area (Å²) in [5, 5.41) is 0.239. The minimum Gasteiger partial charge on any atom is -0.166 e. The third-order valence-corrected chi connectivity index (χ3v) is 1.74. The quantitative estimate of drug-likeness (QED) is 0.591. The lowest BCUT2D eigenvalue weighted by molar-refractivity contribution is -0.137. The van der Waals surface area contributed by atoms with Crippen LogP contribution >= 0.6 is 11.6 Å². The molecular formula is C8H5ClF3. The second kappa shape index (κ2) is 2.98. The van der Waals surface area contributed by atoms with Crippen LogP contribution in [0.1, 0.15) is 11.1 Å². The lowest BCUT2D eigenvalue weighted by atomic mass is 10.1. The topological polar surface area (TPSA) is 0 Å². The summed E-state index contributed by atoms with van der Waals surface area (Å²) < 4.78 is 36.1. The molecule has 0 saturated carbocycles. The Morgan fingerprint density at radius 2 is 1.83 bits per heavy atom. The summed E-state index contributed by atoms with van der Waals surface area (Å²) in [6.07, 6.45) is -4.32. The molecule has 0 aliphatic heterocycles. The van der Waals surface area contributed by atoms with E-state index in [9.17, 15) is 13.2 Å². The maximum Gasteiger partial charge on any atom is 0.416 e. The van der Waals surface area contributed by atoms with E-state index in [-0.39, 0.29) is 10.6 Å². The molecule has 12 heavy (non-hydrogen) atoms.